The van der Waals surface area contributed by atoms with Crippen molar-refractivity contribution in [3.8, 4) is 0 Å². The molecule has 3 heteroatoms. The molecule has 8 heavy (non-hydrogen) atoms. The molecule has 0 N–H and O–H groups in total. The van der Waals surface area contributed by atoms with Gasteiger partial charge < -0.3 is 4.90 Å². The monoisotopic (exact) mass is 131 g/mol. The second kappa shape index (κ2) is 2.40. The van der Waals surface area contributed by atoms with Crippen LogP contribution in [0.15, 0.2) is 0 Å². The molecule has 1 fully saturated rings. The maximum absolute atomic E-state index is 10.6. The molecule has 1 amide bonds. The predicted octanol–water partition coefficient (Wildman–Crippen LogP) is 0.149. The van der Waals surface area contributed by atoms with E-state index in [-0.39, 0.29) is 5.91 Å². The van der Waals surface area contributed by atoms with E-state index >= 15 is 0 Å². The third-order valence-electron chi connectivity index (χ3n) is 1.34. The highest BCUT2D eigenvalue weighted by Gasteiger charge is 2.17. The van der Waals surface area contributed by atoms with Gasteiger partial charge in [-0.25, -0.2) is 0 Å². The van der Waals surface area contributed by atoms with Crippen LogP contribution in [0.1, 0.15) is 6.42 Å². The summed E-state index contributed by atoms with van der Waals surface area (Å²) in [5.41, 5.74) is 0. The molecule has 0 bridgehead atoms. The van der Waals surface area contributed by atoms with Gasteiger partial charge in [-0.2, -0.15) is 12.6 Å². The number of thiol groups is 1. The molecule has 0 saturated carbocycles. The van der Waals surface area contributed by atoms with Gasteiger partial charge in [0.05, 0.1) is 5.75 Å². The maximum Gasteiger partial charge on any atom is 0.232 e. The zero-order chi connectivity index (χ0) is 5.98. The molecule has 0 aromatic heterocycles. The van der Waals surface area contributed by atoms with E-state index in [0.717, 1.165) is 13.1 Å². The average Bonchev–Trinajstić information content (AvgIpc) is 1.62. The molecule has 1 rings (SSSR count). The van der Waals surface area contributed by atoms with Crippen molar-refractivity contribution in [2.45, 2.75) is 6.42 Å². The summed E-state index contributed by atoms with van der Waals surface area (Å²) < 4.78 is 0. The van der Waals surface area contributed by atoms with E-state index in [2.05, 4.69) is 12.6 Å². The van der Waals surface area contributed by atoms with E-state index in [9.17, 15) is 4.79 Å². The summed E-state index contributed by atoms with van der Waals surface area (Å²) in [5, 5.41) is 0. The Labute approximate surface area is 54.3 Å². The molecular weight excluding hydrogens is 122 g/mol. The molecule has 0 spiro atoms. The summed E-state index contributed by atoms with van der Waals surface area (Å²) in [7, 11) is 0. The average molecular weight is 131 g/mol. The number of hydrogen-bond acceptors (Lipinski definition) is 2. The highest BCUT2D eigenvalue weighted by atomic mass is 32.1. The highest BCUT2D eigenvalue weighted by molar-refractivity contribution is 7.81. The number of likely N-dealkylation sites (tertiary alicyclic amines) is 1. The van der Waals surface area contributed by atoms with Crippen molar-refractivity contribution in [3.05, 3.63) is 0 Å². The third-order valence-corrected chi connectivity index (χ3v) is 1.61. The lowest BCUT2D eigenvalue weighted by molar-refractivity contribution is -0.131. The van der Waals surface area contributed by atoms with Crippen LogP contribution in [-0.4, -0.2) is 29.6 Å². The fourth-order valence-electron chi connectivity index (χ4n) is 0.666. The van der Waals surface area contributed by atoms with Crippen LogP contribution in [0.2, 0.25) is 0 Å². The minimum Gasteiger partial charge on any atom is -0.342 e. The van der Waals surface area contributed by atoms with Gasteiger partial charge in [-0.1, -0.05) is 0 Å². The van der Waals surface area contributed by atoms with E-state index in [1.54, 1.807) is 0 Å². The number of nitrogens with zero attached hydrogens (tertiary/aromatic N) is 1. The largest absolute Gasteiger partial charge is 0.342 e. The minimum atomic E-state index is 0.166. The van der Waals surface area contributed by atoms with Crippen molar-refractivity contribution in [2.24, 2.45) is 0 Å². The molecule has 0 unspecified atom stereocenters. The molecule has 1 aliphatic rings. The Morgan fingerprint density at radius 2 is 2.25 bits per heavy atom. The quantitative estimate of drug-likeness (QED) is 0.502. The van der Waals surface area contributed by atoms with Crippen molar-refractivity contribution in [3.63, 3.8) is 0 Å². The van der Waals surface area contributed by atoms with Crippen LogP contribution in [0.3, 0.4) is 0 Å². The second-order valence-electron chi connectivity index (χ2n) is 1.89. The topological polar surface area (TPSA) is 20.3 Å². The second-order valence-corrected chi connectivity index (χ2v) is 2.21. The number of carbonyl (C=O) groups excluding carboxylic acids is 1. The zero-order valence-corrected chi connectivity index (χ0v) is 5.53. The Morgan fingerprint density at radius 1 is 1.62 bits per heavy atom. The summed E-state index contributed by atoms with van der Waals surface area (Å²) in [6.45, 7) is 1.89. The summed E-state index contributed by atoms with van der Waals surface area (Å²) >= 11 is 3.85. The SMILES string of the molecule is O=C(CS)N1CCC1. The van der Waals surface area contributed by atoms with E-state index < -0.39 is 0 Å². The lowest BCUT2D eigenvalue weighted by Gasteiger charge is -2.30. The molecule has 0 aromatic carbocycles. The number of carbonyl (C=O) groups is 1. The molecule has 0 atom stereocenters. The van der Waals surface area contributed by atoms with Gasteiger partial charge in [-0.05, 0) is 6.42 Å². The van der Waals surface area contributed by atoms with Gasteiger partial charge in [0.25, 0.3) is 0 Å². The Bertz CT molecular complexity index is 101. The van der Waals surface area contributed by atoms with Gasteiger partial charge in [0.15, 0.2) is 0 Å². The first-order chi connectivity index (χ1) is 3.84. The first-order valence-electron chi connectivity index (χ1n) is 2.73. The molecule has 46 valence electrons. The van der Waals surface area contributed by atoms with Crippen molar-refractivity contribution < 1.29 is 4.79 Å². The van der Waals surface area contributed by atoms with Crippen LogP contribution in [0.5, 0.6) is 0 Å². The van der Waals surface area contributed by atoms with Gasteiger partial charge in [-0.15, -0.1) is 0 Å². The van der Waals surface area contributed by atoms with Gasteiger partial charge in [-0.3, -0.25) is 4.79 Å². The van der Waals surface area contributed by atoms with Crippen molar-refractivity contribution >= 4 is 18.5 Å². The number of amides is 1. The first kappa shape index (κ1) is 5.95. The maximum atomic E-state index is 10.6. The van der Waals surface area contributed by atoms with Crippen LogP contribution in [0, 0.1) is 0 Å². The molecular formula is C5H9NOS. The summed E-state index contributed by atoms with van der Waals surface area (Å²) in [4.78, 5) is 12.5. The van der Waals surface area contributed by atoms with Crippen molar-refractivity contribution in [1.29, 1.82) is 0 Å². The molecule has 0 aromatic rings. The first-order valence-corrected chi connectivity index (χ1v) is 3.36. The Balaban J connectivity index is 2.24. The zero-order valence-electron chi connectivity index (χ0n) is 4.63. The summed E-state index contributed by atoms with van der Waals surface area (Å²) in [6, 6.07) is 0. The van der Waals surface area contributed by atoms with E-state index in [1.165, 1.54) is 6.42 Å². The minimum absolute atomic E-state index is 0.166. The van der Waals surface area contributed by atoms with E-state index in [1.807, 2.05) is 4.90 Å². The normalized spacial score (nSPS) is 17.9. The Morgan fingerprint density at radius 3 is 2.38 bits per heavy atom. The third kappa shape index (κ3) is 0.968. The number of hydrogen-bond donors (Lipinski definition) is 1. The molecule has 0 radical (unpaired) electrons. The fraction of sp³-hybridized carbons (Fsp3) is 0.800. The molecule has 1 aliphatic heterocycles. The molecule has 1 heterocycles. The lowest BCUT2D eigenvalue weighted by Crippen LogP contribution is -2.42. The molecule has 2 nitrogen and oxygen atoms in total. The Hall–Kier alpha value is -0.180. The number of rotatable bonds is 1. The van der Waals surface area contributed by atoms with Crippen LogP contribution in [0.4, 0.5) is 0 Å². The highest BCUT2D eigenvalue weighted by Crippen LogP contribution is 2.05. The van der Waals surface area contributed by atoms with Crippen molar-refractivity contribution in [2.75, 3.05) is 18.8 Å². The standard InChI is InChI=1S/C5H9NOS/c7-5(4-8)6-2-1-3-6/h8H,1-4H2. The summed E-state index contributed by atoms with van der Waals surface area (Å²) in [6.07, 6.45) is 1.17. The Kier molecular flexibility index (Phi) is 1.78. The van der Waals surface area contributed by atoms with Crippen LogP contribution in [-0.2, 0) is 4.79 Å². The van der Waals surface area contributed by atoms with Gasteiger partial charge in [0.1, 0.15) is 0 Å². The lowest BCUT2D eigenvalue weighted by atomic mass is 10.2. The molecule has 1 saturated heterocycles. The van der Waals surface area contributed by atoms with E-state index in [4.69, 9.17) is 0 Å². The smallest absolute Gasteiger partial charge is 0.232 e. The van der Waals surface area contributed by atoms with Crippen LogP contribution >= 0.6 is 12.6 Å². The van der Waals surface area contributed by atoms with Gasteiger partial charge in [0.2, 0.25) is 5.91 Å². The predicted molar refractivity (Wildman–Crippen MR) is 35.0 cm³/mol. The van der Waals surface area contributed by atoms with Gasteiger partial charge in [0, 0.05) is 13.1 Å². The van der Waals surface area contributed by atoms with Crippen LogP contribution in [0.25, 0.3) is 0 Å². The van der Waals surface area contributed by atoms with Gasteiger partial charge >= 0.3 is 0 Å². The van der Waals surface area contributed by atoms with Crippen molar-refractivity contribution in [1.82, 2.24) is 4.90 Å². The van der Waals surface area contributed by atoms with E-state index in [0.29, 0.717) is 5.75 Å². The molecule has 0 aliphatic carbocycles. The summed E-state index contributed by atoms with van der Waals surface area (Å²) in [5.74, 6) is 0.527. The fourth-order valence-corrected chi connectivity index (χ4v) is 0.866. The van der Waals surface area contributed by atoms with Crippen LogP contribution < -0.4 is 0 Å².